The number of anilines is 1. The molecule has 3 rings (SSSR count). The van der Waals surface area contributed by atoms with Crippen molar-refractivity contribution < 1.29 is 18.0 Å². The molecule has 0 bridgehead atoms. The van der Waals surface area contributed by atoms with Crippen LogP contribution in [0.15, 0.2) is 48.5 Å². The molecule has 35 heavy (non-hydrogen) atoms. The zero-order valence-electron chi connectivity index (χ0n) is 20.5. The first-order chi connectivity index (χ1) is 16.6. The summed E-state index contributed by atoms with van der Waals surface area (Å²) in [7, 11) is -3.82. The van der Waals surface area contributed by atoms with Gasteiger partial charge in [0.2, 0.25) is 21.8 Å². The second-order valence-corrected chi connectivity index (χ2v) is 11.4. The van der Waals surface area contributed by atoms with E-state index in [2.05, 4.69) is 5.32 Å². The molecule has 0 spiro atoms. The molecule has 0 saturated heterocycles. The second-order valence-electron chi connectivity index (χ2n) is 9.08. The van der Waals surface area contributed by atoms with E-state index in [1.54, 1.807) is 24.3 Å². The van der Waals surface area contributed by atoms with Crippen molar-refractivity contribution in [3.05, 3.63) is 64.7 Å². The van der Waals surface area contributed by atoms with Crippen LogP contribution in [-0.4, -0.2) is 50.0 Å². The number of hydrogen-bond donors (Lipinski definition) is 1. The molecule has 1 atom stereocenters. The average molecular weight is 520 g/mol. The lowest BCUT2D eigenvalue weighted by Gasteiger charge is -2.34. The van der Waals surface area contributed by atoms with Crippen molar-refractivity contribution in [2.75, 3.05) is 17.1 Å². The van der Waals surface area contributed by atoms with Gasteiger partial charge in [0.05, 0.1) is 17.0 Å². The van der Waals surface area contributed by atoms with Gasteiger partial charge >= 0.3 is 0 Å². The third-order valence-corrected chi connectivity index (χ3v) is 7.94. The molecule has 1 saturated carbocycles. The van der Waals surface area contributed by atoms with E-state index in [9.17, 15) is 18.0 Å². The van der Waals surface area contributed by atoms with Gasteiger partial charge in [0.15, 0.2) is 0 Å². The molecular formula is C26H34ClN3O4S. The largest absolute Gasteiger partial charge is 0.352 e. The van der Waals surface area contributed by atoms with Crippen LogP contribution in [0.5, 0.6) is 0 Å². The molecule has 1 N–H and O–H groups in total. The lowest BCUT2D eigenvalue weighted by molar-refractivity contribution is -0.140. The number of benzene rings is 2. The lowest BCUT2D eigenvalue weighted by Crippen LogP contribution is -2.53. The van der Waals surface area contributed by atoms with Gasteiger partial charge in [-0.25, -0.2) is 8.42 Å². The minimum atomic E-state index is -3.82. The predicted molar refractivity (Wildman–Crippen MR) is 140 cm³/mol. The third kappa shape index (κ3) is 6.98. The number of carbonyl (C=O) groups is 2. The number of nitrogens with one attached hydrogen (secondary N) is 1. The van der Waals surface area contributed by atoms with Gasteiger partial charge in [-0.15, -0.1) is 0 Å². The summed E-state index contributed by atoms with van der Waals surface area (Å²) < 4.78 is 26.4. The molecule has 1 aliphatic carbocycles. The summed E-state index contributed by atoms with van der Waals surface area (Å²) in [6, 6.07) is 13.6. The highest BCUT2D eigenvalue weighted by Crippen LogP contribution is 2.28. The number of para-hydroxylation sites is 1. The van der Waals surface area contributed by atoms with Crippen LogP contribution in [0.3, 0.4) is 0 Å². The number of halogens is 1. The molecular weight excluding hydrogens is 486 g/mol. The number of rotatable bonds is 10. The minimum Gasteiger partial charge on any atom is -0.352 e. The number of carbonyl (C=O) groups excluding carboxylic acids is 2. The van der Waals surface area contributed by atoms with Crippen molar-refractivity contribution in [3.63, 3.8) is 0 Å². The molecule has 7 nitrogen and oxygen atoms in total. The summed E-state index contributed by atoms with van der Waals surface area (Å²) in [5, 5.41) is 3.33. The van der Waals surface area contributed by atoms with Crippen LogP contribution in [0.1, 0.15) is 50.2 Å². The highest BCUT2D eigenvalue weighted by molar-refractivity contribution is 7.92. The number of nitrogens with zero attached hydrogens (tertiary/aromatic N) is 2. The zero-order valence-corrected chi connectivity index (χ0v) is 22.1. The molecule has 1 fully saturated rings. The lowest BCUT2D eigenvalue weighted by atomic mass is 10.1. The summed E-state index contributed by atoms with van der Waals surface area (Å²) in [5.74, 6) is -0.669. The van der Waals surface area contributed by atoms with Gasteiger partial charge in [0.1, 0.15) is 12.6 Å². The van der Waals surface area contributed by atoms with E-state index in [1.165, 1.54) is 4.90 Å². The van der Waals surface area contributed by atoms with Crippen LogP contribution in [0.25, 0.3) is 0 Å². The normalized spacial score (nSPS) is 15.0. The molecule has 0 aliphatic heterocycles. The van der Waals surface area contributed by atoms with E-state index in [0.29, 0.717) is 6.42 Å². The van der Waals surface area contributed by atoms with E-state index in [4.69, 9.17) is 11.6 Å². The van der Waals surface area contributed by atoms with Crippen LogP contribution in [0.2, 0.25) is 5.02 Å². The molecule has 1 aliphatic rings. The molecule has 0 aromatic heterocycles. The van der Waals surface area contributed by atoms with Gasteiger partial charge < -0.3 is 10.2 Å². The van der Waals surface area contributed by atoms with Gasteiger partial charge in [-0.2, -0.15) is 0 Å². The Labute approximate surface area is 213 Å². The Balaban J connectivity index is 1.94. The summed E-state index contributed by atoms with van der Waals surface area (Å²) in [5.41, 5.74) is 2.11. The molecule has 0 radical (unpaired) electrons. The predicted octanol–water partition coefficient (Wildman–Crippen LogP) is 4.28. The highest BCUT2D eigenvalue weighted by atomic mass is 35.5. The fourth-order valence-electron chi connectivity index (χ4n) is 4.51. The minimum absolute atomic E-state index is 0.114. The fraction of sp³-hybridized carbons (Fsp3) is 0.462. The summed E-state index contributed by atoms with van der Waals surface area (Å²) in [6.45, 7) is 3.55. The first-order valence-corrected chi connectivity index (χ1v) is 14.2. The van der Waals surface area contributed by atoms with Crippen molar-refractivity contribution in [2.45, 2.75) is 64.6 Å². The first-order valence-electron chi connectivity index (χ1n) is 12.0. The van der Waals surface area contributed by atoms with Crippen LogP contribution in [0, 0.1) is 6.92 Å². The van der Waals surface area contributed by atoms with Crippen molar-refractivity contribution in [3.8, 4) is 0 Å². The first kappa shape index (κ1) is 27.0. The molecule has 190 valence electrons. The van der Waals surface area contributed by atoms with Gasteiger partial charge in [0.25, 0.3) is 0 Å². The molecule has 9 heteroatoms. The van der Waals surface area contributed by atoms with Crippen molar-refractivity contribution in [1.29, 1.82) is 0 Å². The second kappa shape index (κ2) is 11.9. The Kier molecular flexibility index (Phi) is 9.19. The topological polar surface area (TPSA) is 86.8 Å². The summed E-state index contributed by atoms with van der Waals surface area (Å²) in [6.07, 6.45) is 5.47. The summed E-state index contributed by atoms with van der Waals surface area (Å²) >= 11 is 6.28. The number of sulfonamides is 1. The Morgan fingerprint density at radius 1 is 1.09 bits per heavy atom. The van der Waals surface area contributed by atoms with E-state index in [0.717, 1.165) is 47.4 Å². The van der Waals surface area contributed by atoms with Crippen LogP contribution in [-0.2, 0) is 26.2 Å². The van der Waals surface area contributed by atoms with Crippen molar-refractivity contribution in [2.24, 2.45) is 0 Å². The van der Waals surface area contributed by atoms with Gasteiger partial charge in [0, 0.05) is 12.6 Å². The number of hydrogen-bond acceptors (Lipinski definition) is 4. The maximum atomic E-state index is 13.7. The Morgan fingerprint density at radius 2 is 1.71 bits per heavy atom. The maximum absolute atomic E-state index is 13.7. The summed E-state index contributed by atoms with van der Waals surface area (Å²) in [4.78, 5) is 28.5. The molecule has 2 aromatic carbocycles. The van der Waals surface area contributed by atoms with Crippen LogP contribution in [0.4, 0.5) is 5.69 Å². The maximum Gasteiger partial charge on any atom is 0.244 e. The number of aryl methyl sites for hydroxylation is 1. The zero-order chi connectivity index (χ0) is 25.6. The van der Waals surface area contributed by atoms with Crippen molar-refractivity contribution in [1.82, 2.24) is 10.2 Å². The van der Waals surface area contributed by atoms with Crippen molar-refractivity contribution >= 4 is 39.1 Å². The molecule has 2 aromatic rings. The van der Waals surface area contributed by atoms with E-state index < -0.39 is 28.5 Å². The van der Waals surface area contributed by atoms with Gasteiger partial charge in [-0.05, 0) is 49.4 Å². The van der Waals surface area contributed by atoms with Crippen LogP contribution < -0.4 is 9.62 Å². The van der Waals surface area contributed by atoms with Gasteiger partial charge in [-0.3, -0.25) is 13.9 Å². The van der Waals surface area contributed by atoms with E-state index >= 15 is 0 Å². The SMILES string of the molecule is CC[C@H](C(=O)NC1CCCC1)N(Cc1ccccc1C)C(=O)CN(c1ccccc1Cl)S(C)(=O)=O. The molecule has 0 unspecified atom stereocenters. The third-order valence-electron chi connectivity index (χ3n) is 6.49. The Hall–Kier alpha value is -2.58. The Morgan fingerprint density at radius 3 is 2.31 bits per heavy atom. The standard InChI is InChI=1S/C26H34ClN3O4S/c1-4-23(26(32)28-21-13-7-8-14-21)29(17-20-12-6-5-11-19(20)2)25(31)18-30(35(3,33)34)24-16-10-9-15-22(24)27/h5-6,9-12,15-16,21,23H,4,7-8,13-14,17-18H2,1-3H3,(H,28,32)/t23-/m1/s1. The number of amides is 2. The smallest absolute Gasteiger partial charge is 0.244 e. The fourth-order valence-corrected chi connectivity index (χ4v) is 5.66. The van der Waals surface area contributed by atoms with Crippen LogP contribution >= 0.6 is 11.6 Å². The highest BCUT2D eigenvalue weighted by Gasteiger charge is 2.33. The van der Waals surface area contributed by atoms with E-state index in [1.807, 2.05) is 38.1 Å². The Bertz CT molecular complexity index is 1150. The van der Waals surface area contributed by atoms with E-state index in [-0.39, 0.29) is 29.2 Å². The molecule has 0 heterocycles. The average Bonchev–Trinajstić information content (AvgIpc) is 3.31. The molecule has 2 amide bonds. The quantitative estimate of drug-likeness (QED) is 0.507. The monoisotopic (exact) mass is 519 g/mol. The van der Waals surface area contributed by atoms with Gasteiger partial charge in [-0.1, -0.05) is 67.8 Å².